The molecule has 0 saturated carbocycles. The van der Waals surface area contributed by atoms with E-state index in [9.17, 15) is 9.59 Å². The lowest BCUT2D eigenvalue weighted by Crippen LogP contribution is -2.41. The molecule has 0 radical (unpaired) electrons. The molecule has 1 unspecified atom stereocenters. The van der Waals surface area contributed by atoms with Gasteiger partial charge in [-0.3, -0.25) is 9.59 Å². The van der Waals surface area contributed by atoms with Crippen LogP contribution in [-0.4, -0.2) is 42.9 Å². The van der Waals surface area contributed by atoms with Gasteiger partial charge in [0.1, 0.15) is 0 Å². The van der Waals surface area contributed by atoms with Gasteiger partial charge in [-0.2, -0.15) is 0 Å². The second kappa shape index (κ2) is 8.98. The van der Waals surface area contributed by atoms with Crippen molar-refractivity contribution in [1.82, 2.24) is 10.2 Å². The largest absolute Gasteiger partial charge is 0.355 e. The standard InChI is InChI=1S/C12H25N3O2/c1-4-10(8-13)7-12(17)15(6-3)9-11(16)14-5-2/h10H,4-9,13H2,1-3H3,(H,14,16). The van der Waals surface area contributed by atoms with E-state index in [4.69, 9.17) is 5.73 Å². The third-order valence-corrected chi connectivity index (χ3v) is 2.82. The van der Waals surface area contributed by atoms with Crippen LogP contribution in [0.5, 0.6) is 0 Å². The van der Waals surface area contributed by atoms with Crippen LogP contribution in [0.1, 0.15) is 33.6 Å². The van der Waals surface area contributed by atoms with E-state index in [-0.39, 0.29) is 24.3 Å². The van der Waals surface area contributed by atoms with Gasteiger partial charge in [0.15, 0.2) is 0 Å². The Balaban J connectivity index is 4.25. The minimum absolute atomic E-state index is 0.0102. The number of hydrogen-bond donors (Lipinski definition) is 2. The van der Waals surface area contributed by atoms with Gasteiger partial charge in [-0.15, -0.1) is 0 Å². The molecule has 100 valence electrons. The van der Waals surface area contributed by atoms with Crippen LogP contribution >= 0.6 is 0 Å². The van der Waals surface area contributed by atoms with Crippen LogP contribution in [0.4, 0.5) is 0 Å². The third kappa shape index (κ3) is 6.26. The number of nitrogens with one attached hydrogen (secondary N) is 1. The van der Waals surface area contributed by atoms with Crippen LogP contribution in [0.2, 0.25) is 0 Å². The lowest BCUT2D eigenvalue weighted by molar-refractivity contribution is -0.136. The highest BCUT2D eigenvalue weighted by atomic mass is 16.2. The van der Waals surface area contributed by atoms with Crippen molar-refractivity contribution < 1.29 is 9.59 Å². The zero-order valence-electron chi connectivity index (χ0n) is 11.2. The van der Waals surface area contributed by atoms with Crippen molar-refractivity contribution in [3.05, 3.63) is 0 Å². The van der Waals surface area contributed by atoms with Crippen molar-refractivity contribution in [2.75, 3.05) is 26.2 Å². The topological polar surface area (TPSA) is 75.4 Å². The predicted molar refractivity (Wildman–Crippen MR) is 68.4 cm³/mol. The maximum absolute atomic E-state index is 11.9. The van der Waals surface area contributed by atoms with E-state index in [2.05, 4.69) is 5.32 Å². The summed E-state index contributed by atoms with van der Waals surface area (Å²) in [6.07, 6.45) is 1.32. The maximum atomic E-state index is 11.9. The number of nitrogens with zero attached hydrogens (tertiary/aromatic N) is 1. The first-order valence-electron chi connectivity index (χ1n) is 6.33. The van der Waals surface area contributed by atoms with Crippen molar-refractivity contribution in [3.8, 4) is 0 Å². The summed E-state index contributed by atoms with van der Waals surface area (Å²) in [5, 5.41) is 2.69. The summed E-state index contributed by atoms with van der Waals surface area (Å²) in [6, 6.07) is 0. The fourth-order valence-corrected chi connectivity index (χ4v) is 1.57. The molecule has 0 spiro atoms. The fraction of sp³-hybridized carbons (Fsp3) is 0.833. The monoisotopic (exact) mass is 243 g/mol. The van der Waals surface area contributed by atoms with Gasteiger partial charge in [0, 0.05) is 19.5 Å². The number of carbonyl (C=O) groups is 2. The number of carbonyl (C=O) groups excluding carboxylic acids is 2. The third-order valence-electron chi connectivity index (χ3n) is 2.82. The van der Waals surface area contributed by atoms with E-state index >= 15 is 0 Å². The Morgan fingerprint density at radius 1 is 1.29 bits per heavy atom. The Hall–Kier alpha value is -1.10. The SMILES string of the molecule is CCNC(=O)CN(CC)C(=O)CC(CC)CN. The van der Waals surface area contributed by atoms with Gasteiger partial charge in [0.25, 0.3) is 0 Å². The van der Waals surface area contributed by atoms with Crippen LogP contribution in [0, 0.1) is 5.92 Å². The van der Waals surface area contributed by atoms with Gasteiger partial charge in [0.2, 0.25) is 11.8 Å². The molecule has 0 fully saturated rings. The van der Waals surface area contributed by atoms with Crippen LogP contribution in [0.25, 0.3) is 0 Å². The minimum Gasteiger partial charge on any atom is -0.355 e. The molecule has 0 aliphatic rings. The van der Waals surface area contributed by atoms with Crippen molar-refractivity contribution in [3.63, 3.8) is 0 Å². The predicted octanol–water partition coefficient (Wildman–Crippen LogP) is 0.346. The molecule has 5 nitrogen and oxygen atoms in total. The molecule has 5 heteroatoms. The Morgan fingerprint density at radius 3 is 2.35 bits per heavy atom. The van der Waals surface area contributed by atoms with E-state index in [1.54, 1.807) is 4.90 Å². The summed E-state index contributed by atoms with van der Waals surface area (Å²) in [5.41, 5.74) is 5.57. The van der Waals surface area contributed by atoms with Gasteiger partial charge in [0.05, 0.1) is 6.54 Å². The summed E-state index contributed by atoms with van der Waals surface area (Å²) in [5.74, 6) is 0.116. The molecule has 3 N–H and O–H groups in total. The second-order valence-electron chi connectivity index (χ2n) is 4.08. The molecular weight excluding hydrogens is 218 g/mol. The smallest absolute Gasteiger partial charge is 0.239 e. The normalized spacial score (nSPS) is 12.0. The summed E-state index contributed by atoms with van der Waals surface area (Å²) in [7, 11) is 0. The number of nitrogens with two attached hydrogens (primary N) is 1. The molecule has 0 bridgehead atoms. The molecule has 0 heterocycles. The van der Waals surface area contributed by atoms with E-state index in [1.807, 2.05) is 20.8 Å². The number of likely N-dealkylation sites (N-methyl/N-ethyl adjacent to an activating group) is 2. The Bertz CT molecular complexity index is 240. The van der Waals surface area contributed by atoms with Crippen LogP contribution < -0.4 is 11.1 Å². The van der Waals surface area contributed by atoms with Crippen molar-refractivity contribution in [2.45, 2.75) is 33.6 Å². The molecule has 0 rings (SSSR count). The van der Waals surface area contributed by atoms with Gasteiger partial charge >= 0.3 is 0 Å². The Kier molecular flexibility index (Phi) is 8.40. The summed E-state index contributed by atoms with van der Waals surface area (Å²) in [4.78, 5) is 24.9. The lowest BCUT2D eigenvalue weighted by atomic mass is 10.0. The highest BCUT2D eigenvalue weighted by Gasteiger charge is 2.18. The molecule has 0 aromatic carbocycles. The molecular formula is C12H25N3O2. The van der Waals surface area contributed by atoms with E-state index in [0.29, 0.717) is 26.1 Å². The minimum atomic E-state index is -0.108. The van der Waals surface area contributed by atoms with Crippen molar-refractivity contribution >= 4 is 11.8 Å². The van der Waals surface area contributed by atoms with Crippen molar-refractivity contribution in [1.29, 1.82) is 0 Å². The zero-order chi connectivity index (χ0) is 13.3. The first-order valence-corrected chi connectivity index (χ1v) is 6.33. The lowest BCUT2D eigenvalue weighted by Gasteiger charge is -2.22. The second-order valence-corrected chi connectivity index (χ2v) is 4.08. The fourth-order valence-electron chi connectivity index (χ4n) is 1.57. The average Bonchev–Trinajstić information content (AvgIpc) is 2.32. The van der Waals surface area contributed by atoms with E-state index in [1.165, 1.54) is 0 Å². The molecule has 0 aromatic heterocycles. The zero-order valence-corrected chi connectivity index (χ0v) is 11.2. The van der Waals surface area contributed by atoms with Crippen molar-refractivity contribution in [2.24, 2.45) is 11.7 Å². The van der Waals surface area contributed by atoms with Gasteiger partial charge in [-0.1, -0.05) is 13.3 Å². The summed E-state index contributed by atoms with van der Waals surface area (Å²) >= 11 is 0. The molecule has 0 aromatic rings. The van der Waals surface area contributed by atoms with E-state index < -0.39 is 0 Å². The van der Waals surface area contributed by atoms with Gasteiger partial charge in [-0.05, 0) is 26.3 Å². The molecule has 2 amide bonds. The Morgan fingerprint density at radius 2 is 1.94 bits per heavy atom. The van der Waals surface area contributed by atoms with Crippen LogP contribution in [0.3, 0.4) is 0 Å². The van der Waals surface area contributed by atoms with Gasteiger partial charge < -0.3 is 16.0 Å². The Labute approximate surface area is 104 Å². The molecule has 0 aliphatic carbocycles. The highest BCUT2D eigenvalue weighted by Crippen LogP contribution is 2.08. The molecule has 0 aliphatic heterocycles. The highest BCUT2D eigenvalue weighted by molar-refractivity contribution is 5.84. The number of hydrogen-bond acceptors (Lipinski definition) is 3. The van der Waals surface area contributed by atoms with Crippen LogP contribution in [-0.2, 0) is 9.59 Å². The molecule has 0 saturated heterocycles. The quantitative estimate of drug-likeness (QED) is 0.646. The first-order chi connectivity index (χ1) is 8.08. The summed E-state index contributed by atoms with van der Waals surface area (Å²) < 4.78 is 0. The average molecular weight is 243 g/mol. The molecule has 1 atom stereocenters. The number of rotatable bonds is 8. The first kappa shape index (κ1) is 15.9. The van der Waals surface area contributed by atoms with Crippen LogP contribution in [0.15, 0.2) is 0 Å². The number of amides is 2. The summed E-state index contributed by atoms with van der Waals surface area (Å²) in [6.45, 7) is 7.55. The van der Waals surface area contributed by atoms with E-state index in [0.717, 1.165) is 6.42 Å². The van der Waals surface area contributed by atoms with Gasteiger partial charge in [-0.25, -0.2) is 0 Å². The maximum Gasteiger partial charge on any atom is 0.239 e. The molecule has 17 heavy (non-hydrogen) atoms.